The number of carboxylic acids is 1. The standard InChI is InChI=1S/C48H85NO8/c1-6-8-10-12-14-16-18-20-22-23-24-25-27-29-31-33-35-37-39-46(51)57-44(43-56-48(47(52)53)54-41-40-49(3,4)5)42-55-45(50)38-36-34-32-30-28-26-21-19-17-15-13-11-9-7-2/h13,15-16,18-19,21-23,44,48H,6-12,14,17,20,24-43H2,1-5H3/b15-13-,18-16-,21-19-,23-22-. The number of nitrogens with zero attached hydrogens (tertiary/aromatic N) is 1. The summed E-state index contributed by atoms with van der Waals surface area (Å²) in [5.41, 5.74) is 0. The lowest BCUT2D eigenvalue weighted by Crippen LogP contribution is -2.44. The molecule has 0 aliphatic heterocycles. The average Bonchev–Trinajstić information content (AvgIpc) is 3.17. The minimum atomic E-state index is -1.63. The fraction of sp³-hybridized carbons (Fsp3) is 0.771. The number of aliphatic carboxylic acids is 1. The van der Waals surface area contributed by atoms with Crippen molar-refractivity contribution in [3.63, 3.8) is 0 Å². The van der Waals surface area contributed by atoms with Crippen LogP contribution in [0, 0.1) is 0 Å². The van der Waals surface area contributed by atoms with Crippen LogP contribution < -0.4 is 5.11 Å². The molecule has 0 rings (SSSR count). The van der Waals surface area contributed by atoms with Crippen molar-refractivity contribution < 1.29 is 42.9 Å². The first-order chi connectivity index (χ1) is 27.6. The van der Waals surface area contributed by atoms with Gasteiger partial charge in [-0.3, -0.25) is 9.59 Å². The number of hydrogen-bond acceptors (Lipinski definition) is 8. The van der Waals surface area contributed by atoms with Gasteiger partial charge in [-0.05, 0) is 70.6 Å². The molecule has 0 aromatic rings. The quantitative estimate of drug-likeness (QED) is 0.0197. The van der Waals surface area contributed by atoms with Gasteiger partial charge in [0.05, 0.1) is 40.3 Å². The van der Waals surface area contributed by atoms with E-state index < -0.39 is 24.3 Å². The molecule has 0 saturated carbocycles. The first kappa shape index (κ1) is 54.2. The molecule has 0 bridgehead atoms. The minimum Gasteiger partial charge on any atom is -0.545 e. The van der Waals surface area contributed by atoms with Crippen molar-refractivity contribution in [1.82, 2.24) is 0 Å². The summed E-state index contributed by atoms with van der Waals surface area (Å²) in [5, 5.41) is 11.7. The molecular formula is C48H85NO8. The molecule has 0 aliphatic carbocycles. The van der Waals surface area contributed by atoms with Crippen LogP contribution in [-0.4, -0.2) is 82.3 Å². The van der Waals surface area contributed by atoms with E-state index in [0.29, 0.717) is 17.4 Å². The van der Waals surface area contributed by atoms with Crippen LogP contribution in [0.4, 0.5) is 0 Å². The third-order valence-electron chi connectivity index (χ3n) is 9.55. The number of ether oxygens (including phenoxy) is 4. The zero-order valence-electron chi connectivity index (χ0n) is 37.2. The smallest absolute Gasteiger partial charge is 0.306 e. The molecule has 0 spiro atoms. The molecule has 0 amide bonds. The van der Waals surface area contributed by atoms with Gasteiger partial charge >= 0.3 is 11.9 Å². The van der Waals surface area contributed by atoms with Gasteiger partial charge in [-0.1, -0.05) is 146 Å². The molecule has 0 N–H and O–H groups in total. The number of allylic oxidation sites excluding steroid dienone is 8. The number of likely N-dealkylation sites (N-methyl/N-ethyl adjacent to an activating group) is 1. The Labute approximate surface area is 349 Å². The van der Waals surface area contributed by atoms with Crippen molar-refractivity contribution >= 4 is 17.9 Å². The summed E-state index contributed by atoms with van der Waals surface area (Å²) >= 11 is 0. The number of hydrogen-bond donors (Lipinski definition) is 0. The first-order valence-corrected chi connectivity index (χ1v) is 22.8. The van der Waals surface area contributed by atoms with Crippen molar-refractivity contribution in [2.45, 2.75) is 193 Å². The highest BCUT2D eigenvalue weighted by atomic mass is 16.7. The van der Waals surface area contributed by atoms with Gasteiger partial charge in [-0.2, -0.15) is 0 Å². The van der Waals surface area contributed by atoms with Gasteiger partial charge in [0, 0.05) is 12.8 Å². The second-order valence-electron chi connectivity index (χ2n) is 16.3. The highest BCUT2D eigenvalue weighted by molar-refractivity contribution is 5.70. The molecule has 0 saturated heterocycles. The van der Waals surface area contributed by atoms with Gasteiger partial charge in [0.25, 0.3) is 0 Å². The third-order valence-corrected chi connectivity index (χ3v) is 9.55. The molecule has 9 heteroatoms. The highest BCUT2D eigenvalue weighted by Crippen LogP contribution is 2.13. The summed E-state index contributed by atoms with van der Waals surface area (Å²) in [6, 6.07) is 0. The highest BCUT2D eigenvalue weighted by Gasteiger charge is 2.21. The molecule has 0 radical (unpaired) electrons. The molecule has 0 aromatic heterocycles. The minimum absolute atomic E-state index is 0.142. The molecule has 0 fully saturated rings. The molecule has 2 unspecified atom stereocenters. The van der Waals surface area contributed by atoms with Crippen molar-refractivity contribution in [2.75, 3.05) is 47.5 Å². The second kappa shape index (κ2) is 40.0. The number of quaternary nitrogens is 1. The monoisotopic (exact) mass is 804 g/mol. The topological polar surface area (TPSA) is 111 Å². The molecule has 57 heavy (non-hydrogen) atoms. The molecule has 2 atom stereocenters. The lowest BCUT2D eigenvalue weighted by Gasteiger charge is -2.26. The van der Waals surface area contributed by atoms with Crippen molar-refractivity contribution in [2.24, 2.45) is 0 Å². The molecule has 0 aromatic carbocycles. The van der Waals surface area contributed by atoms with Gasteiger partial charge in [-0.25, -0.2) is 0 Å². The summed E-state index contributed by atoms with van der Waals surface area (Å²) in [6.45, 7) is 4.65. The zero-order valence-corrected chi connectivity index (χ0v) is 37.2. The number of carboxylic acid groups (broad SMARTS) is 1. The normalized spacial score (nSPS) is 13.4. The Bertz CT molecular complexity index is 1080. The summed E-state index contributed by atoms with van der Waals surface area (Å²) in [4.78, 5) is 37.0. The molecule has 330 valence electrons. The number of carbonyl (C=O) groups is 3. The Morgan fingerprint density at radius 1 is 0.526 bits per heavy atom. The van der Waals surface area contributed by atoms with E-state index in [1.165, 1.54) is 64.2 Å². The van der Waals surface area contributed by atoms with Crippen molar-refractivity contribution in [3.05, 3.63) is 48.6 Å². The van der Waals surface area contributed by atoms with Gasteiger partial charge in [-0.15, -0.1) is 0 Å². The maximum atomic E-state index is 12.8. The van der Waals surface area contributed by atoms with Crippen molar-refractivity contribution in [3.8, 4) is 0 Å². The number of rotatable bonds is 41. The van der Waals surface area contributed by atoms with Gasteiger partial charge in [0.15, 0.2) is 12.4 Å². The Kier molecular flexibility index (Phi) is 38.1. The Morgan fingerprint density at radius 3 is 1.44 bits per heavy atom. The summed E-state index contributed by atoms with van der Waals surface area (Å²) in [7, 11) is 5.90. The number of unbranched alkanes of at least 4 members (excludes halogenated alkanes) is 18. The summed E-state index contributed by atoms with van der Waals surface area (Å²) in [5.74, 6) is -2.32. The van der Waals surface area contributed by atoms with E-state index >= 15 is 0 Å². The van der Waals surface area contributed by atoms with Crippen LogP contribution in [0.1, 0.15) is 181 Å². The third kappa shape index (κ3) is 41.2. The Morgan fingerprint density at radius 2 is 0.965 bits per heavy atom. The van der Waals surface area contributed by atoms with Gasteiger partial charge in [0.1, 0.15) is 13.2 Å². The van der Waals surface area contributed by atoms with E-state index in [1.54, 1.807) is 0 Å². The maximum Gasteiger partial charge on any atom is 0.306 e. The van der Waals surface area contributed by atoms with Crippen LogP contribution >= 0.6 is 0 Å². The van der Waals surface area contributed by atoms with E-state index in [2.05, 4.69) is 62.5 Å². The van der Waals surface area contributed by atoms with E-state index in [4.69, 9.17) is 18.9 Å². The zero-order chi connectivity index (χ0) is 42.1. The van der Waals surface area contributed by atoms with E-state index in [-0.39, 0.29) is 38.6 Å². The average molecular weight is 804 g/mol. The molecule has 0 heterocycles. The van der Waals surface area contributed by atoms with Crippen LogP contribution in [-0.2, 0) is 33.3 Å². The van der Waals surface area contributed by atoms with Gasteiger partial charge < -0.3 is 33.3 Å². The van der Waals surface area contributed by atoms with E-state index in [9.17, 15) is 19.5 Å². The van der Waals surface area contributed by atoms with Crippen molar-refractivity contribution in [1.29, 1.82) is 0 Å². The lowest BCUT2D eigenvalue weighted by atomic mass is 10.1. The Hall–Kier alpha value is -2.75. The lowest BCUT2D eigenvalue weighted by molar-refractivity contribution is -0.870. The van der Waals surface area contributed by atoms with Gasteiger partial charge in [0.2, 0.25) is 0 Å². The number of carbonyl (C=O) groups excluding carboxylic acids is 3. The van der Waals surface area contributed by atoms with Crippen LogP contribution in [0.15, 0.2) is 48.6 Å². The molecular weight excluding hydrogens is 719 g/mol. The largest absolute Gasteiger partial charge is 0.545 e. The fourth-order valence-electron chi connectivity index (χ4n) is 5.93. The maximum absolute atomic E-state index is 12.8. The second-order valence-corrected chi connectivity index (χ2v) is 16.3. The fourth-order valence-corrected chi connectivity index (χ4v) is 5.93. The molecule has 9 nitrogen and oxygen atoms in total. The predicted molar refractivity (Wildman–Crippen MR) is 232 cm³/mol. The first-order valence-electron chi connectivity index (χ1n) is 22.8. The summed E-state index contributed by atoms with van der Waals surface area (Å²) in [6.07, 6.45) is 42.8. The van der Waals surface area contributed by atoms with Crippen LogP contribution in [0.5, 0.6) is 0 Å². The van der Waals surface area contributed by atoms with Crippen LogP contribution in [0.3, 0.4) is 0 Å². The van der Waals surface area contributed by atoms with Crippen LogP contribution in [0.2, 0.25) is 0 Å². The predicted octanol–water partition coefficient (Wildman–Crippen LogP) is 10.7. The van der Waals surface area contributed by atoms with E-state index in [0.717, 1.165) is 83.5 Å². The van der Waals surface area contributed by atoms with E-state index in [1.807, 2.05) is 21.1 Å². The summed E-state index contributed by atoms with van der Waals surface area (Å²) < 4.78 is 22.5. The number of esters is 2. The Balaban J connectivity index is 4.47. The SMILES string of the molecule is CCCC/C=C\C/C=C\CCCCCCCC(=O)OCC(COC(OCC[N+](C)(C)C)C(=O)[O-])OC(=O)CCCCCCCCC/C=C\C/C=C\CCCCCC. The van der Waals surface area contributed by atoms with Crippen LogP contribution in [0.25, 0.3) is 0 Å². The molecule has 0 aliphatic rings.